The van der Waals surface area contributed by atoms with Crippen molar-refractivity contribution >= 4 is 23.7 Å². The van der Waals surface area contributed by atoms with E-state index in [0.29, 0.717) is 5.92 Å². The van der Waals surface area contributed by atoms with E-state index >= 15 is 0 Å². The highest BCUT2D eigenvalue weighted by Gasteiger charge is 2.34. The number of nitrogens with one attached hydrogen (secondary N) is 1. The van der Waals surface area contributed by atoms with Gasteiger partial charge in [-0.3, -0.25) is 0 Å². The number of hydrogen-bond donors (Lipinski definition) is 1. The van der Waals surface area contributed by atoms with Gasteiger partial charge in [0.25, 0.3) is 0 Å². The van der Waals surface area contributed by atoms with E-state index in [2.05, 4.69) is 15.5 Å². The molecule has 0 aliphatic carbocycles. The van der Waals surface area contributed by atoms with Crippen LogP contribution in [0.15, 0.2) is 22.0 Å². The number of aromatic nitrogens is 2. The fraction of sp³-hybridized carbons (Fsp3) is 0.571. The van der Waals surface area contributed by atoms with Crippen LogP contribution >= 0.6 is 23.7 Å². The van der Waals surface area contributed by atoms with Crippen LogP contribution in [0.25, 0.3) is 10.7 Å². The van der Waals surface area contributed by atoms with Crippen molar-refractivity contribution in [2.75, 3.05) is 0 Å². The minimum absolute atomic E-state index is 0. The molecular formula is C14H18ClN3OS. The first-order chi connectivity index (χ1) is 9.37. The summed E-state index contributed by atoms with van der Waals surface area (Å²) in [5.41, 5.74) is 0. The Morgan fingerprint density at radius 3 is 2.80 bits per heavy atom. The Kier molecular flexibility index (Phi) is 4.10. The summed E-state index contributed by atoms with van der Waals surface area (Å²) in [5.74, 6) is 2.24. The number of piperidine rings is 1. The maximum Gasteiger partial charge on any atom is 0.227 e. The first-order valence-electron chi connectivity index (χ1n) is 6.99. The monoisotopic (exact) mass is 311 g/mol. The van der Waals surface area contributed by atoms with E-state index in [1.54, 1.807) is 11.3 Å². The summed E-state index contributed by atoms with van der Waals surface area (Å²) in [6.45, 7) is 0. The van der Waals surface area contributed by atoms with Gasteiger partial charge in [-0.05, 0) is 43.0 Å². The minimum Gasteiger partial charge on any atom is -0.339 e. The summed E-state index contributed by atoms with van der Waals surface area (Å²) in [6.07, 6.45) is 6.13. The van der Waals surface area contributed by atoms with Gasteiger partial charge in [0, 0.05) is 18.5 Å². The molecule has 0 spiro atoms. The molecule has 2 aliphatic rings. The molecule has 4 nitrogen and oxygen atoms in total. The van der Waals surface area contributed by atoms with Gasteiger partial charge in [0.05, 0.1) is 4.88 Å². The lowest BCUT2D eigenvalue weighted by molar-refractivity contribution is 0.270. The predicted octanol–water partition coefficient (Wildman–Crippen LogP) is 3.29. The molecule has 2 atom stereocenters. The molecule has 2 fully saturated rings. The second-order valence-corrected chi connectivity index (χ2v) is 6.62. The number of fused-ring (bicyclic) bond motifs is 2. The van der Waals surface area contributed by atoms with Gasteiger partial charge in [-0.15, -0.1) is 23.7 Å². The van der Waals surface area contributed by atoms with Crippen molar-refractivity contribution in [3.63, 3.8) is 0 Å². The van der Waals surface area contributed by atoms with Crippen molar-refractivity contribution in [3.8, 4) is 10.7 Å². The van der Waals surface area contributed by atoms with E-state index in [9.17, 15) is 0 Å². The van der Waals surface area contributed by atoms with Gasteiger partial charge in [-0.1, -0.05) is 11.2 Å². The molecule has 108 valence electrons. The lowest BCUT2D eigenvalue weighted by Gasteiger charge is -2.27. The summed E-state index contributed by atoms with van der Waals surface area (Å²) in [5, 5.41) is 9.79. The van der Waals surface area contributed by atoms with Crippen molar-refractivity contribution in [3.05, 3.63) is 23.4 Å². The lowest BCUT2D eigenvalue weighted by Crippen LogP contribution is -2.38. The fourth-order valence-corrected chi connectivity index (χ4v) is 4.08. The second kappa shape index (κ2) is 5.84. The van der Waals surface area contributed by atoms with Crippen LogP contribution in [0.4, 0.5) is 0 Å². The van der Waals surface area contributed by atoms with E-state index in [1.165, 1.54) is 25.7 Å². The topological polar surface area (TPSA) is 51.0 Å². The van der Waals surface area contributed by atoms with Gasteiger partial charge < -0.3 is 9.84 Å². The Labute approximate surface area is 128 Å². The smallest absolute Gasteiger partial charge is 0.227 e. The Balaban J connectivity index is 0.00000121. The third-order valence-electron chi connectivity index (χ3n) is 4.24. The van der Waals surface area contributed by atoms with Crippen LogP contribution in [-0.2, 0) is 6.42 Å². The molecule has 2 aliphatic heterocycles. The summed E-state index contributed by atoms with van der Waals surface area (Å²) in [7, 11) is 0. The zero-order valence-corrected chi connectivity index (χ0v) is 12.8. The Morgan fingerprint density at radius 1 is 1.30 bits per heavy atom. The highest BCUT2D eigenvalue weighted by atomic mass is 35.5. The molecule has 6 heteroatoms. The summed E-state index contributed by atoms with van der Waals surface area (Å²) in [4.78, 5) is 5.61. The number of rotatable bonds is 3. The van der Waals surface area contributed by atoms with Gasteiger partial charge in [0.2, 0.25) is 11.7 Å². The first kappa shape index (κ1) is 14.0. The first-order valence-corrected chi connectivity index (χ1v) is 7.87. The van der Waals surface area contributed by atoms with Crippen LogP contribution in [0.1, 0.15) is 31.6 Å². The third-order valence-corrected chi connectivity index (χ3v) is 5.11. The molecule has 0 aromatic carbocycles. The van der Waals surface area contributed by atoms with E-state index in [0.717, 1.165) is 35.1 Å². The van der Waals surface area contributed by atoms with Crippen LogP contribution in [0.2, 0.25) is 0 Å². The maximum atomic E-state index is 5.41. The fourth-order valence-electron chi connectivity index (χ4n) is 3.43. The SMILES string of the molecule is Cl.c1csc(-c2noc(CC3CC4CCC(C3)N4)n2)c1. The standard InChI is InChI=1S/C14H17N3OS.ClH/c1-2-12(19-5-1)14-16-13(18-17-14)8-9-6-10-3-4-11(7-9)15-10;/h1-2,5,9-11,15H,3-4,6-8H2;1H. The molecular weight excluding hydrogens is 294 g/mol. The van der Waals surface area contributed by atoms with Gasteiger partial charge in [-0.25, -0.2) is 0 Å². The Bertz CT molecular complexity index is 545. The highest BCUT2D eigenvalue weighted by Crippen LogP contribution is 2.33. The quantitative estimate of drug-likeness (QED) is 0.945. The molecule has 4 rings (SSSR count). The Morgan fingerprint density at radius 2 is 2.10 bits per heavy atom. The maximum absolute atomic E-state index is 5.41. The van der Waals surface area contributed by atoms with Crippen molar-refractivity contribution in [2.45, 2.75) is 44.2 Å². The second-order valence-electron chi connectivity index (χ2n) is 5.67. The van der Waals surface area contributed by atoms with Crippen LogP contribution in [0.3, 0.4) is 0 Å². The predicted molar refractivity (Wildman–Crippen MR) is 81.2 cm³/mol. The molecule has 0 amide bonds. The molecule has 2 bridgehead atoms. The average molecular weight is 312 g/mol. The van der Waals surface area contributed by atoms with E-state index < -0.39 is 0 Å². The lowest BCUT2D eigenvalue weighted by atomic mass is 9.90. The minimum atomic E-state index is 0. The van der Waals surface area contributed by atoms with Crippen LogP contribution in [0, 0.1) is 5.92 Å². The van der Waals surface area contributed by atoms with Crippen molar-refractivity contribution in [2.24, 2.45) is 5.92 Å². The number of hydrogen-bond acceptors (Lipinski definition) is 5. The molecule has 2 saturated heterocycles. The van der Waals surface area contributed by atoms with Crippen LogP contribution in [0.5, 0.6) is 0 Å². The summed E-state index contributed by atoms with van der Waals surface area (Å²) in [6, 6.07) is 5.50. The van der Waals surface area contributed by atoms with E-state index in [1.807, 2.05) is 17.5 Å². The highest BCUT2D eigenvalue weighted by molar-refractivity contribution is 7.13. The van der Waals surface area contributed by atoms with Crippen LogP contribution in [-0.4, -0.2) is 22.2 Å². The van der Waals surface area contributed by atoms with Gasteiger partial charge in [0.1, 0.15) is 0 Å². The molecule has 1 N–H and O–H groups in total. The van der Waals surface area contributed by atoms with Gasteiger partial charge >= 0.3 is 0 Å². The summed E-state index contributed by atoms with van der Waals surface area (Å²) < 4.78 is 5.41. The molecule has 4 heterocycles. The number of thiophene rings is 1. The molecule has 20 heavy (non-hydrogen) atoms. The van der Waals surface area contributed by atoms with Crippen molar-refractivity contribution in [1.82, 2.24) is 15.5 Å². The van der Waals surface area contributed by atoms with Gasteiger partial charge in [0.15, 0.2) is 0 Å². The van der Waals surface area contributed by atoms with Crippen molar-refractivity contribution < 1.29 is 4.52 Å². The Hall–Kier alpha value is -0.910. The molecule has 2 aromatic rings. The average Bonchev–Trinajstić information content (AvgIpc) is 3.10. The largest absolute Gasteiger partial charge is 0.339 e. The zero-order chi connectivity index (χ0) is 12.7. The third kappa shape index (κ3) is 2.75. The summed E-state index contributed by atoms with van der Waals surface area (Å²) >= 11 is 1.65. The zero-order valence-electron chi connectivity index (χ0n) is 11.1. The molecule has 0 saturated carbocycles. The molecule has 2 aromatic heterocycles. The number of halogens is 1. The van der Waals surface area contributed by atoms with Crippen molar-refractivity contribution in [1.29, 1.82) is 0 Å². The molecule has 2 unspecified atom stereocenters. The molecule has 0 radical (unpaired) electrons. The number of nitrogens with zero attached hydrogens (tertiary/aromatic N) is 2. The van der Waals surface area contributed by atoms with Crippen LogP contribution < -0.4 is 5.32 Å². The van der Waals surface area contributed by atoms with E-state index in [4.69, 9.17) is 4.52 Å². The normalized spacial score (nSPS) is 28.3. The van der Waals surface area contributed by atoms with Gasteiger partial charge in [-0.2, -0.15) is 4.98 Å². The van der Waals surface area contributed by atoms with E-state index in [-0.39, 0.29) is 12.4 Å².